The topological polar surface area (TPSA) is 83.1 Å². The Morgan fingerprint density at radius 1 is 1.37 bits per heavy atom. The first kappa shape index (κ1) is 21.4. The van der Waals surface area contributed by atoms with Crippen molar-refractivity contribution in [3.05, 3.63) is 38.8 Å². The zero-order valence-corrected chi connectivity index (χ0v) is 17.3. The normalized spacial score (nSPS) is 12.0. The number of ether oxygens (including phenoxy) is 1. The van der Waals surface area contributed by atoms with E-state index in [0.29, 0.717) is 6.61 Å². The van der Waals surface area contributed by atoms with Crippen LogP contribution in [0.3, 0.4) is 0 Å². The Kier molecular flexibility index (Phi) is 6.66. The number of aryl methyl sites for hydroxylation is 1. The summed E-state index contributed by atoms with van der Waals surface area (Å²) in [5, 5.41) is 15.5. The van der Waals surface area contributed by atoms with Crippen LogP contribution < -0.4 is 0 Å². The van der Waals surface area contributed by atoms with E-state index in [1.165, 1.54) is 17.7 Å². The van der Waals surface area contributed by atoms with Crippen LogP contribution in [0.4, 0.5) is 14.5 Å². The summed E-state index contributed by atoms with van der Waals surface area (Å²) in [5.74, 6) is 0. The molecule has 0 fully saturated rings. The SMILES string of the molecule is Cc1nn(COCC[Si](C)(C)C)c(-c2cc(Cl)nc(C(F)F)c2)c1[N+](=O)[O-]. The second-order valence-electron chi connectivity index (χ2n) is 7.29. The molecule has 0 radical (unpaired) electrons. The van der Waals surface area contributed by atoms with Gasteiger partial charge in [0.2, 0.25) is 0 Å². The van der Waals surface area contributed by atoms with E-state index >= 15 is 0 Å². The van der Waals surface area contributed by atoms with Gasteiger partial charge in [0.1, 0.15) is 29.0 Å². The lowest BCUT2D eigenvalue weighted by atomic mass is 10.1. The summed E-state index contributed by atoms with van der Waals surface area (Å²) in [7, 11) is -1.30. The van der Waals surface area contributed by atoms with Crippen LogP contribution >= 0.6 is 11.6 Å². The van der Waals surface area contributed by atoms with E-state index in [9.17, 15) is 18.9 Å². The van der Waals surface area contributed by atoms with Crippen molar-refractivity contribution in [2.24, 2.45) is 0 Å². The molecule has 148 valence electrons. The van der Waals surface area contributed by atoms with Crippen LogP contribution in [0, 0.1) is 17.0 Å². The van der Waals surface area contributed by atoms with Gasteiger partial charge in [-0.05, 0) is 25.1 Å². The molecular formula is C16H21ClF2N4O3Si. The number of nitrogens with zero attached hydrogens (tertiary/aromatic N) is 4. The Hall–Kier alpha value is -1.91. The first-order valence-corrected chi connectivity index (χ1v) is 12.3. The molecule has 0 amide bonds. The van der Waals surface area contributed by atoms with E-state index in [4.69, 9.17) is 16.3 Å². The molecule has 0 bridgehead atoms. The minimum absolute atomic E-state index is 0.0293. The van der Waals surface area contributed by atoms with E-state index < -0.39 is 25.1 Å². The van der Waals surface area contributed by atoms with Crippen molar-refractivity contribution in [1.29, 1.82) is 0 Å². The third-order valence-corrected chi connectivity index (χ3v) is 5.70. The molecule has 2 rings (SSSR count). The predicted molar refractivity (Wildman–Crippen MR) is 101 cm³/mol. The molecule has 0 atom stereocenters. The van der Waals surface area contributed by atoms with Gasteiger partial charge < -0.3 is 4.74 Å². The number of hydrogen-bond donors (Lipinski definition) is 0. The fourth-order valence-electron chi connectivity index (χ4n) is 2.46. The molecule has 11 heteroatoms. The van der Waals surface area contributed by atoms with Crippen molar-refractivity contribution in [3.8, 4) is 11.3 Å². The van der Waals surface area contributed by atoms with Crippen LogP contribution in [0.25, 0.3) is 11.3 Å². The van der Waals surface area contributed by atoms with Crippen molar-refractivity contribution in [1.82, 2.24) is 14.8 Å². The zero-order chi connectivity index (χ0) is 20.4. The van der Waals surface area contributed by atoms with Gasteiger partial charge in [0.05, 0.1) is 4.92 Å². The number of aromatic nitrogens is 3. The van der Waals surface area contributed by atoms with Crippen LogP contribution in [0.1, 0.15) is 17.8 Å². The second-order valence-corrected chi connectivity index (χ2v) is 13.3. The summed E-state index contributed by atoms with van der Waals surface area (Å²) in [6.07, 6.45) is -2.85. The molecule has 0 N–H and O–H groups in total. The highest BCUT2D eigenvalue weighted by atomic mass is 35.5. The van der Waals surface area contributed by atoms with Crippen molar-refractivity contribution >= 4 is 25.4 Å². The molecule has 7 nitrogen and oxygen atoms in total. The molecule has 0 aliphatic carbocycles. The highest BCUT2D eigenvalue weighted by Gasteiger charge is 2.28. The van der Waals surface area contributed by atoms with Crippen LogP contribution in [0.15, 0.2) is 12.1 Å². The molecule has 0 unspecified atom stereocenters. The van der Waals surface area contributed by atoms with Gasteiger partial charge in [-0.3, -0.25) is 10.1 Å². The van der Waals surface area contributed by atoms with E-state index in [1.807, 2.05) is 0 Å². The molecule has 0 aliphatic rings. The first-order chi connectivity index (χ1) is 12.5. The van der Waals surface area contributed by atoms with Gasteiger partial charge in [-0.2, -0.15) is 5.10 Å². The average molecular weight is 419 g/mol. The fraction of sp³-hybridized carbons (Fsp3) is 0.500. The summed E-state index contributed by atoms with van der Waals surface area (Å²) in [5.41, 5.74) is -0.457. The smallest absolute Gasteiger partial charge is 0.317 e. The Bertz CT molecular complexity index is 840. The van der Waals surface area contributed by atoms with E-state index in [2.05, 4.69) is 29.7 Å². The van der Waals surface area contributed by atoms with Crippen molar-refractivity contribution in [3.63, 3.8) is 0 Å². The summed E-state index contributed by atoms with van der Waals surface area (Å²) < 4.78 is 33.1. The summed E-state index contributed by atoms with van der Waals surface area (Å²) in [6.45, 7) is 8.55. The number of alkyl halides is 2. The standard InChI is InChI=1S/C16H21ClF2N4O3Si/c1-10-14(23(24)25)15(11-7-12(16(18)19)20-13(17)8-11)22(21-10)9-26-5-6-27(2,3)4/h7-8,16H,5-6,9H2,1-4H3. The molecule has 2 aromatic rings. The van der Waals surface area contributed by atoms with E-state index in [0.717, 1.165) is 12.1 Å². The van der Waals surface area contributed by atoms with Gasteiger partial charge in [-0.15, -0.1) is 0 Å². The maximum absolute atomic E-state index is 13.1. The van der Waals surface area contributed by atoms with Crippen LogP contribution in [-0.2, 0) is 11.5 Å². The van der Waals surface area contributed by atoms with E-state index in [1.54, 1.807) is 0 Å². The monoisotopic (exact) mass is 418 g/mol. The number of halogens is 3. The predicted octanol–water partition coefficient (Wildman–Crippen LogP) is 5.07. The third-order valence-electron chi connectivity index (χ3n) is 3.80. The van der Waals surface area contributed by atoms with Gasteiger partial charge in [0.25, 0.3) is 6.43 Å². The lowest BCUT2D eigenvalue weighted by molar-refractivity contribution is -0.384. The molecule has 0 saturated carbocycles. The van der Waals surface area contributed by atoms with Crippen LogP contribution in [0.5, 0.6) is 0 Å². The number of rotatable bonds is 8. The Morgan fingerprint density at radius 2 is 2.04 bits per heavy atom. The highest BCUT2D eigenvalue weighted by Crippen LogP contribution is 2.35. The number of nitro groups is 1. The van der Waals surface area contributed by atoms with Crippen molar-refractivity contribution < 1.29 is 18.4 Å². The summed E-state index contributed by atoms with van der Waals surface area (Å²) in [4.78, 5) is 14.5. The molecular weight excluding hydrogens is 398 g/mol. The van der Waals surface area contributed by atoms with Gasteiger partial charge in [0, 0.05) is 20.2 Å². The minimum atomic E-state index is -2.85. The van der Waals surface area contributed by atoms with Crippen molar-refractivity contribution in [2.45, 2.75) is 45.8 Å². The lowest BCUT2D eigenvalue weighted by Crippen LogP contribution is -2.22. The van der Waals surface area contributed by atoms with Crippen LogP contribution in [-0.4, -0.2) is 34.4 Å². The molecule has 0 saturated heterocycles. The van der Waals surface area contributed by atoms with Gasteiger partial charge in [0.15, 0.2) is 0 Å². The molecule has 2 aromatic heterocycles. The fourth-order valence-corrected chi connectivity index (χ4v) is 3.44. The van der Waals surface area contributed by atoms with E-state index in [-0.39, 0.29) is 34.5 Å². The molecule has 0 aliphatic heterocycles. The van der Waals surface area contributed by atoms with Gasteiger partial charge >= 0.3 is 5.69 Å². The van der Waals surface area contributed by atoms with Crippen LogP contribution in [0.2, 0.25) is 30.8 Å². The minimum Gasteiger partial charge on any atom is -0.360 e. The van der Waals surface area contributed by atoms with Gasteiger partial charge in [-0.1, -0.05) is 31.2 Å². The molecule has 2 heterocycles. The molecule has 0 spiro atoms. The Labute approximate surface area is 161 Å². The van der Waals surface area contributed by atoms with Crippen molar-refractivity contribution in [2.75, 3.05) is 6.61 Å². The Balaban J connectivity index is 2.43. The maximum Gasteiger partial charge on any atom is 0.317 e. The maximum atomic E-state index is 13.1. The lowest BCUT2D eigenvalue weighted by Gasteiger charge is -2.16. The second kappa shape index (κ2) is 8.40. The Morgan fingerprint density at radius 3 is 2.59 bits per heavy atom. The summed E-state index contributed by atoms with van der Waals surface area (Å²) >= 11 is 5.84. The average Bonchev–Trinajstić information content (AvgIpc) is 2.86. The first-order valence-electron chi connectivity index (χ1n) is 8.25. The molecule has 0 aromatic carbocycles. The zero-order valence-electron chi connectivity index (χ0n) is 15.5. The number of pyridine rings is 1. The van der Waals surface area contributed by atoms with Gasteiger partial charge in [-0.25, -0.2) is 18.4 Å². The molecule has 27 heavy (non-hydrogen) atoms. The third kappa shape index (κ3) is 5.53. The quantitative estimate of drug-likeness (QED) is 0.196. The largest absolute Gasteiger partial charge is 0.360 e. The summed E-state index contributed by atoms with van der Waals surface area (Å²) in [6, 6.07) is 3.30. The number of hydrogen-bond acceptors (Lipinski definition) is 5. The highest BCUT2D eigenvalue weighted by molar-refractivity contribution is 6.76.